The molecule has 0 saturated carbocycles. The molecule has 0 spiro atoms. The Kier molecular flexibility index (Phi) is 4.76. The summed E-state index contributed by atoms with van der Waals surface area (Å²) in [4.78, 5) is 12.7. The van der Waals surface area contributed by atoms with Crippen LogP contribution < -0.4 is 0 Å². The summed E-state index contributed by atoms with van der Waals surface area (Å²) in [6.07, 6.45) is 4.63. The molecule has 20 heavy (non-hydrogen) atoms. The summed E-state index contributed by atoms with van der Waals surface area (Å²) in [7, 11) is 0.153. The number of hydrogen-bond donors (Lipinski definition) is 0. The van der Waals surface area contributed by atoms with Crippen LogP contribution in [0.4, 0.5) is 0 Å². The maximum absolute atomic E-state index is 12.7. The van der Waals surface area contributed by atoms with E-state index in [1.165, 1.54) is 7.11 Å². The van der Waals surface area contributed by atoms with E-state index in [1.807, 2.05) is 43.3 Å². The van der Waals surface area contributed by atoms with E-state index in [-0.39, 0.29) is 17.1 Å². The first kappa shape index (κ1) is 15.0. The van der Waals surface area contributed by atoms with Gasteiger partial charge in [-0.15, -0.1) is 0 Å². The zero-order valence-corrected chi connectivity index (χ0v) is 12.9. The zero-order chi connectivity index (χ0) is 14.7. The minimum Gasteiger partial charge on any atom is -0.469 e. The predicted octanol–water partition coefficient (Wildman–Crippen LogP) is 2.86. The Morgan fingerprint density at radius 1 is 1.25 bits per heavy atom. The van der Waals surface area contributed by atoms with Crippen molar-refractivity contribution < 1.29 is 13.7 Å². The van der Waals surface area contributed by atoms with Gasteiger partial charge in [-0.2, -0.15) is 0 Å². The van der Waals surface area contributed by atoms with Crippen LogP contribution in [0.5, 0.6) is 0 Å². The Morgan fingerprint density at radius 2 is 1.90 bits per heavy atom. The summed E-state index contributed by atoms with van der Waals surface area (Å²) in [6, 6.07) is 7.61. The summed E-state index contributed by atoms with van der Waals surface area (Å²) >= 11 is 0. The largest absolute Gasteiger partial charge is 0.469 e. The fourth-order valence-corrected chi connectivity index (χ4v) is 3.95. The van der Waals surface area contributed by atoms with Gasteiger partial charge in [-0.1, -0.05) is 36.8 Å². The molecule has 0 amide bonds. The minimum atomic E-state index is -1.23. The van der Waals surface area contributed by atoms with Gasteiger partial charge >= 0.3 is 5.97 Å². The highest BCUT2D eigenvalue weighted by atomic mass is 32.2. The van der Waals surface area contributed by atoms with E-state index in [9.17, 15) is 9.00 Å². The van der Waals surface area contributed by atoms with Crippen LogP contribution >= 0.6 is 0 Å². The molecule has 0 radical (unpaired) electrons. The lowest BCUT2D eigenvalue weighted by atomic mass is 9.87. The van der Waals surface area contributed by atoms with Gasteiger partial charge < -0.3 is 4.74 Å². The molecular weight excluding hydrogens is 272 g/mol. The molecule has 0 aromatic heterocycles. The second-order valence-corrected chi connectivity index (χ2v) is 6.91. The number of aryl methyl sites for hydroxylation is 1. The van der Waals surface area contributed by atoms with Gasteiger partial charge in [-0.05, 0) is 31.4 Å². The fraction of sp³-hybridized carbons (Fsp3) is 0.438. The summed E-state index contributed by atoms with van der Waals surface area (Å²) in [5.41, 5.74) is 1.13. The lowest BCUT2D eigenvalue weighted by Crippen LogP contribution is -2.35. The molecule has 108 valence electrons. The molecule has 2 rings (SSSR count). The molecule has 3 nitrogen and oxygen atoms in total. The van der Waals surface area contributed by atoms with Crippen molar-refractivity contribution in [1.29, 1.82) is 0 Å². The number of esters is 1. The lowest BCUT2D eigenvalue weighted by Gasteiger charge is -2.27. The van der Waals surface area contributed by atoms with Crippen LogP contribution in [0.3, 0.4) is 0 Å². The Labute approximate surface area is 122 Å². The van der Waals surface area contributed by atoms with Gasteiger partial charge in [0.15, 0.2) is 0 Å². The van der Waals surface area contributed by atoms with E-state index < -0.39 is 10.8 Å². The third-order valence-electron chi connectivity index (χ3n) is 3.66. The summed E-state index contributed by atoms with van der Waals surface area (Å²) in [6.45, 7) is 4.05. The van der Waals surface area contributed by atoms with Crippen LogP contribution in [-0.4, -0.2) is 22.5 Å². The maximum Gasteiger partial charge on any atom is 0.310 e. The number of methoxy groups -OCH3 is 1. The first-order valence-corrected chi connectivity index (χ1v) is 7.97. The second kappa shape index (κ2) is 6.35. The predicted molar refractivity (Wildman–Crippen MR) is 79.8 cm³/mol. The molecule has 0 aliphatic heterocycles. The van der Waals surface area contributed by atoms with Gasteiger partial charge in [-0.3, -0.25) is 9.00 Å². The molecule has 1 aromatic rings. The van der Waals surface area contributed by atoms with Gasteiger partial charge in [0.05, 0.1) is 29.1 Å². The van der Waals surface area contributed by atoms with Crippen LogP contribution in [0, 0.1) is 18.8 Å². The lowest BCUT2D eigenvalue weighted by molar-refractivity contribution is -0.145. The van der Waals surface area contributed by atoms with Crippen LogP contribution in [0.25, 0.3) is 0 Å². The van der Waals surface area contributed by atoms with Crippen molar-refractivity contribution >= 4 is 16.8 Å². The molecule has 4 heteroatoms. The SMILES string of the molecule is COC(=O)[C@H]1C[C@@H](C)C=C[C@H]1S(=O)c1ccc(C)cc1. The third-order valence-corrected chi connectivity index (χ3v) is 5.37. The Morgan fingerprint density at radius 3 is 2.50 bits per heavy atom. The summed E-state index contributed by atoms with van der Waals surface area (Å²) in [5.74, 6) is -0.292. The normalized spacial score (nSPS) is 27.1. The van der Waals surface area contributed by atoms with Crippen LogP contribution in [0.15, 0.2) is 41.3 Å². The van der Waals surface area contributed by atoms with Crippen LogP contribution in [0.1, 0.15) is 18.9 Å². The molecule has 0 N–H and O–H groups in total. The molecule has 1 unspecified atom stereocenters. The van der Waals surface area contributed by atoms with Crippen molar-refractivity contribution in [1.82, 2.24) is 0 Å². The van der Waals surface area contributed by atoms with E-state index in [1.54, 1.807) is 0 Å². The van der Waals surface area contributed by atoms with Crippen molar-refractivity contribution in [3.63, 3.8) is 0 Å². The number of allylic oxidation sites excluding steroid dienone is 1. The topological polar surface area (TPSA) is 43.4 Å². The van der Waals surface area contributed by atoms with E-state index in [0.717, 1.165) is 10.5 Å². The zero-order valence-electron chi connectivity index (χ0n) is 12.0. The molecule has 1 aromatic carbocycles. The first-order chi connectivity index (χ1) is 9.52. The molecular formula is C16H20O3S. The molecule has 4 atom stereocenters. The van der Waals surface area contributed by atoms with Gasteiger partial charge in [0.25, 0.3) is 0 Å². The molecule has 1 aliphatic carbocycles. The number of hydrogen-bond acceptors (Lipinski definition) is 3. The number of ether oxygens (including phenoxy) is 1. The molecule has 0 heterocycles. The number of benzene rings is 1. The number of carbonyl (C=O) groups is 1. The van der Waals surface area contributed by atoms with Gasteiger partial charge in [0.1, 0.15) is 0 Å². The highest BCUT2D eigenvalue weighted by Crippen LogP contribution is 2.30. The second-order valence-electron chi connectivity index (χ2n) is 5.30. The van der Waals surface area contributed by atoms with E-state index in [2.05, 4.69) is 6.92 Å². The Bertz CT molecular complexity index is 533. The van der Waals surface area contributed by atoms with E-state index >= 15 is 0 Å². The average Bonchev–Trinajstić information content (AvgIpc) is 2.46. The average molecular weight is 292 g/mol. The van der Waals surface area contributed by atoms with Crippen molar-refractivity contribution in [2.45, 2.75) is 30.4 Å². The van der Waals surface area contributed by atoms with Crippen molar-refractivity contribution in [3.05, 3.63) is 42.0 Å². The molecule has 0 bridgehead atoms. The first-order valence-electron chi connectivity index (χ1n) is 6.76. The van der Waals surface area contributed by atoms with E-state index in [0.29, 0.717) is 12.3 Å². The smallest absolute Gasteiger partial charge is 0.310 e. The van der Waals surface area contributed by atoms with Crippen molar-refractivity contribution in [2.75, 3.05) is 7.11 Å². The van der Waals surface area contributed by atoms with Gasteiger partial charge in [0, 0.05) is 4.90 Å². The van der Waals surface area contributed by atoms with Crippen molar-refractivity contribution in [3.8, 4) is 0 Å². The quantitative estimate of drug-likeness (QED) is 0.635. The Balaban J connectivity index is 2.28. The maximum atomic E-state index is 12.7. The molecule has 0 fully saturated rings. The van der Waals surface area contributed by atoms with E-state index in [4.69, 9.17) is 4.74 Å². The highest BCUT2D eigenvalue weighted by molar-refractivity contribution is 7.86. The number of rotatable bonds is 3. The molecule has 1 aliphatic rings. The Hall–Kier alpha value is -1.42. The van der Waals surface area contributed by atoms with Crippen LogP contribution in [-0.2, 0) is 20.3 Å². The minimum absolute atomic E-state index is 0.272. The standard InChI is InChI=1S/C16H20O3S/c1-11-4-7-13(8-5-11)20(18)15-9-6-12(2)10-14(15)16(17)19-3/h4-9,12,14-15H,10H2,1-3H3/t12-,14-,15+,20?/m0/s1. The molecule has 0 saturated heterocycles. The number of carbonyl (C=O) groups excluding carboxylic acids is 1. The highest BCUT2D eigenvalue weighted by Gasteiger charge is 2.35. The van der Waals surface area contributed by atoms with Gasteiger partial charge in [-0.25, -0.2) is 0 Å². The fourth-order valence-electron chi connectivity index (χ4n) is 2.48. The van der Waals surface area contributed by atoms with Gasteiger partial charge in [0.2, 0.25) is 0 Å². The van der Waals surface area contributed by atoms with Crippen LogP contribution in [0.2, 0.25) is 0 Å². The third kappa shape index (κ3) is 3.18. The summed E-state index contributed by atoms with van der Waals surface area (Å²) < 4.78 is 17.6. The van der Waals surface area contributed by atoms with Crippen molar-refractivity contribution in [2.24, 2.45) is 11.8 Å². The monoisotopic (exact) mass is 292 g/mol. The summed E-state index contributed by atoms with van der Waals surface area (Å²) in [5, 5.41) is -0.304.